The monoisotopic (exact) mass is 373 g/mol. The Bertz CT molecular complexity index is 916. The Labute approximate surface area is 155 Å². The van der Waals surface area contributed by atoms with E-state index in [9.17, 15) is 4.79 Å². The maximum atomic E-state index is 12.7. The molecule has 3 aromatic rings. The molecule has 0 saturated heterocycles. The van der Waals surface area contributed by atoms with Crippen molar-refractivity contribution in [3.05, 3.63) is 47.3 Å². The van der Waals surface area contributed by atoms with Crippen molar-refractivity contribution in [2.24, 2.45) is 7.05 Å². The highest BCUT2D eigenvalue weighted by Gasteiger charge is 2.18. The summed E-state index contributed by atoms with van der Waals surface area (Å²) in [7, 11) is 1.76. The topological polar surface area (TPSA) is 65.6 Å². The summed E-state index contributed by atoms with van der Waals surface area (Å²) in [6, 6.07) is 10.3. The first-order chi connectivity index (χ1) is 12.0. The molecule has 0 fully saturated rings. The molecule has 0 saturated carbocycles. The number of thioether (sulfide) groups is 2. The molecule has 8 heteroatoms. The van der Waals surface area contributed by atoms with Gasteiger partial charge < -0.3 is 4.57 Å². The lowest BCUT2D eigenvalue weighted by Gasteiger charge is -2.11. The quantitative estimate of drug-likeness (QED) is 0.488. The van der Waals surface area contributed by atoms with Crippen LogP contribution < -0.4 is 0 Å². The summed E-state index contributed by atoms with van der Waals surface area (Å²) in [4.78, 5) is 13.9. The van der Waals surface area contributed by atoms with Crippen LogP contribution in [0.15, 0.2) is 40.4 Å². The highest BCUT2D eigenvalue weighted by Crippen LogP contribution is 2.25. The zero-order chi connectivity index (χ0) is 18.0. The average molecular weight is 374 g/mol. The van der Waals surface area contributed by atoms with Crippen LogP contribution in [0.3, 0.4) is 0 Å². The molecule has 1 aromatic carbocycles. The van der Waals surface area contributed by atoms with Crippen LogP contribution in [0.2, 0.25) is 0 Å². The summed E-state index contributed by atoms with van der Waals surface area (Å²) in [5.41, 5.74) is 3.82. The standard InChI is InChI=1S/C17H19N5OS2/c1-11-8-15(16(23)10-25-17-18-19-20-21(17)3)12(2)22(11)13-6-5-7-14(9-13)24-4/h5-9H,10H2,1-4H3. The second-order valence-electron chi connectivity index (χ2n) is 5.62. The summed E-state index contributed by atoms with van der Waals surface area (Å²) < 4.78 is 3.69. The first-order valence-corrected chi connectivity index (χ1v) is 9.94. The molecule has 0 bridgehead atoms. The fourth-order valence-corrected chi connectivity index (χ4v) is 3.93. The van der Waals surface area contributed by atoms with Gasteiger partial charge in [0.25, 0.3) is 0 Å². The van der Waals surface area contributed by atoms with Gasteiger partial charge in [0.2, 0.25) is 5.16 Å². The molecule has 0 aliphatic carbocycles. The highest BCUT2D eigenvalue weighted by molar-refractivity contribution is 7.99. The van der Waals surface area contributed by atoms with Crippen LogP contribution in [0, 0.1) is 13.8 Å². The molecule has 0 atom stereocenters. The third-order valence-corrected chi connectivity index (χ3v) is 5.69. The van der Waals surface area contributed by atoms with Crippen molar-refractivity contribution in [3.8, 4) is 5.69 Å². The van der Waals surface area contributed by atoms with Crippen molar-refractivity contribution < 1.29 is 4.79 Å². The van der Waals surface area contributed by atoms with Crippen molar-refractivity contribution >= 4 is 29.3 Å². The lowest BCUT2D eigenvalue weighted by Crippen LogP contribution is -2.06. The molecular weight excluding hydrogens is 354 g/mol. The molecule has 2 heterocycles. The number of carbonyl (C=O) groups excluding carboxylic acids is 1. The number of aromatic nitrogens is 5. The number of tetrazole rings is 1. The van der Waals surface area contributed by atoms with Crippen molar-refractivity contribution in [3.63, 3.8) is 0 Å². The zero-order valence-electron chi connectivity index (χ0n) is 14.6. The van der Waals surface area contributed by atoms with Gasteiger partial charge in [-0.2, -0.15) is 0 Å². The van der Waals surface area contributed by atoms with Gasteiger partial charge in [0.1, 0.15) is 0 Å². The van der Waals surface area contributed by atoms with E-state index in [1.165, 1.54) is 16.7 Å². The molecule has 25 heavy (non-hydrogen) atoms. The largest absolute Gasteiger partial charge is 0.318 e. The number of benzene rings is 1. The molecule has 0 amide bonds. The molecule has 0 aliphatic rings. The number of rotatable bonds is 6. The average Bonchev–Trinajstić information content (AvgIpc) is 3.15. The number of nitrogens with zero attached hydrogens (tertiary/aromatic N) is 5. The van der Waals surface area contributed by atoms with Gasteiger partial charge >= 0.3 is 0 Å². The Morgan fingerprint density at radius 3 is 2.72 bits per heavy atom. The second-order valence-corrected chi connectivity index (χ2v) is 7.44. The van der Waals surface area contributed by atoms with Crippen LogP contribution in [0.4, 0.5) is 0 Å². The minimum Gasteiger partial charge on any atom is -0.318 e. The van der Waals surface area contributed by atoms with Crippen LogP contribution in [0.1, 0.15) is 21.7 Å². The first kappa shape index (κ1) is 17.8. The van der Waals surface area contributed by atoms with Crippen molar-refractivity contribution in [2.45, 2.75) is 23.9 Å². The van der Waals surface area contributed by atoms with Crippen molar-refractivity contribution in [1.82, 2.24) is 24.8 Å². The number of ketones is 1. The number of aryl methyl sites for hydroxylation is 2. The van der Waals surface area contributed by atoms with Gasteiger partial charge in [-0.05, 0) is 54.8 Å². The zero-order valence-corrected chi connectivity index (χ0v) is 16.2. The van der Waals surface area contributed by atoms with E-state index in [1.807, 2.05) is 26.0 Å². The van der Waals surface area contributed by atoms with Crippen molar-refractivity contribution in [1.29, 1.82) is 0 Å². The SMILES string of the molecule is CSc1cccc(-n2c(C)cc(C(=O)CSc3nnnn3C)c2C)c1. The molecule has 0 spiro atoms. The summed E-state index contributed by atoms with van der Waals surface area (Å²) >= 11 is 3.05. The molecule has 6 nitrogen and oxygen atoms in total. The third-order valence-electron chi connectivity index (χ3n) is 3.96. The Hall–Kier alpha value is -2.06. The normalized spacial score (nSPS) is 11.0. The summed E-state index contributed by atoms with van der Waals surface area (Å²) in [5, 5.41) is 11.9. The molecule has 3 rings (SSSR count). The van der Waals surface area contributed by atoms with Gasteiger partial charge in [0, 0.05) is 34.6 Å². The molecule has 0 unspecified atom stereocenters. The summed E-state index contributed by atoms with van der Waals surface area (Å²) in [6.07, 6.45) is 2.06. The van der Waals surface area contributed by atoms with E-state index in [0.29, 0.717) is 10.9 Å². The first-order valence-electron chi connectivity index (χ1n) is 7.73. The predicted octanol–water partition coefficient (Wildman–Crippen LogP) is 3.31. The second kappa shape index (κ2) is 7.45. The van der Waals surface area contributed by atoms with Crippen LogP contribution >= 0.6 is 23.5 Å². The Kier molecular flexibility index (Phi) is 5.29. The van der Waals surface area contributed by atoms with Gasteiger partial charge in [0.15, 0.2) is 5.78 Å². The lowest BCUT2D eigenvalue weighted by atomic mass is 10.2. The van der Waals surface area contributed by atoms with Gasteiger partial charge in [-0.15, -0.1) is 16.9 Å². The molecule has 0 radical (unpaired) electrons. The van der Waals surface area contributed by atoms with Crippen LogP contribution in [-0.4, -0.2) is 42.6 Å². The summed E-state index contributed by atoms with van der Waals surface area (Å²) in [6.45, 7) is 4.01. The van der Waals surface area contributed by atoms with E-state index in [0.717, 1.165) is 22.6 Å². The molecular formula is C17H19N5OS2. The predicted molar refractivity (Wildman–Crippen MR) is 101 cm³/mol. The fourth-order valence-electron chi connectivity index (χ4n) is 2.74. The van der Waals surface area contributed by atoms with E-state index in [1.54, 1.807) is 23.5 Å². The smallest absolute Gasteiger partial charge is 0.209 e. The maximum Gasteiger partial charge on any atom is 0.209 e. The Morgan fingerprint density at radius 1 is 1.24 bits per heavy atom. The Morgan fingerprint density at radius 2 is 2.04 bits per heavy atom. The van der Waals surface area contributed by atoms with Crippen LogP contribution in [-0.2, 0) is 7.05 Å². The summed E-state index contributed by atoms with van der Waals surface area (Å²) in [5.74, 6) is 0.386. The number of Topliss-reactive ketones (excluding diaryl/α,β-unsaturated/α-hetero) is 1. The lowest BCUT2D eigenvalue weighted by molar-refractivity contribution is 0.102. The van der Waals surface area contributed by atoms with Gasteiger partial charge in [-0.3, -0.25) is 4.79 Å². The highest BCUT2D eigenvalue weighted by atomic mass is 32.2. The van der Waals surface area contributed by atoms with E-state index >= 15 is 0 Å². The van der Waals surface area contributed by atoms with Gasteiger partial charge in [0.05, 0.1) is 5.75 Å². The molecule has 130 valence electrons. The minimum absolute atomic E-state index is 0.0772. The number of hydrogen-bond donors (Lipinski definition) is 0. The molecule has 0 N–H and O–H groups in total. The van der Waals surface area contributed by atoms with E-state index in [4.69, 9.17) is 0 Å². The van der Waals surface area contributed by atoms with Crippen molar-refractivity contribution in [2.75, 3.05) is 12.0 Å². The van der Waals surface area contributed by atoms with Crippen LogP contribution in [0.5, 0.6) is 0 Å². The number of hydrogen-bond acceptors (Lipinski definition) is 6. The molecule has 2 aromatic heterocycles. The third kappa shape index (κ3) is 3.64. The van der Waals surface area contributed by atoms with E-state index < -0.39 is 0 Å². The minimum atomic E-state index is 0.0772. The molecule has 0 aliphatic heterocycles. The fraction of sp³-hybridized carbons (Fsp3) is 0.294. The van der Waals surface area contributed by atoms with Gasteiger partial charge in [-0.1, -0.05) is 17.8 Å². The van der Waals surface area contributed by atoms with E-state index in [2.05, 4.69) is 44.5 Å². The van der Waals surface area contributed by atoms with Gasteiger partial charge in [-0.25, -0.2) is 4.68 Å². The van der Waals surface area contributed by atoms with E-state index in [-0.39, 0.29) is 5.78 Å². The Balaban J connectivity index is 1.86. The maximum absolute atomic E-state index is 12.7. The number of carbonyl (C=O) groups is 1. The van der Waals surface area contributed by atoms with Crippen LogP contribution in [0.25, 0.3) is 5.69 Å².